The molecule has 0 saturated carbocycles. The molecule has 0 atom stereocenters. The molecule has 4 heteroatoms. The van der Waals surface area contributed by atoms with Crippen LogP contribution < -0.4 is 0 Å². The standard InChI is InChI=1S/C13H13ClN2O/c1-2-7-16-8-10(9-17)13(15-16)11-5-3-4-6-12(11)14/h3-6,8-9H,2,7H2,1H3. The highest BCUT2D eigenvalue weighted by Gasteiger charge is 2.12. The molecule has 0 N–H and O–H groups in total. The maximum Gasteiger partial charge on any atom is 0.153 e. The predicted octanol–water partition coefficient (Wildman–Crippen LogP) is 3.43. The topological polar surface area (TPSA) is 34.9 Å². The minimum atomic E-state index is 0.576. The number of aromatic nitrogens is 2. The summed E-state index contributed by atoms with van der Waals surface area (Å²) < 4.78 is 1.78. The lowest BCUT2D eigenvalue weighted by atomic mass is 10.1. The number of nitrogens with zero attached hydrogens (tertiary/aromatic N) is 2. The fraction of sp³-hybridized carbons (Fsp3) is 0.231. The van der Waals surface area contributed by atoms with E-state index in [0.717, 1.165) is 24.8 Å². The van der Waals surface area contributed by atoms with Gasteiger partial charge in [0.05, 0.1) is 10.6 Å². The number of aldehydes is 1. The van der Waals surface area contributed by atoms with Gasteiger partial charge in [0.1, 0.15) is 5.69 Å². The van der Waals surface area contributed by atoms with E-state index in [4.69, 9.17) is 11.6 Å². The van der Waals surface area contributed by atoms with Crippen molar-refractivity contribution in [2.75, 3.05) is 0 Å². The first-order valence-corrected chi connectivity index (χ1v) is 5.91. The Morgan fingerprint density at radius 1 is 1.41 bits per heavy atom. The first-order valence-electron chi connectivity index (χ1n) is 5.53. The van der Waals surface area contributed by atoms with E-state index in [2.05, 4.69) is 12.0 Å². The zero-order valence-electron chi connectivity index (χ0n) is 9.56. The van der Waals surface area contributed by atoms with E-state index in [-0.39, 0.29) is 0 Å². The Bertz CT molecular complexity index is 534. The molecule has 0 aliphatic rings. The lowest BCUT2D eigenvalue weighted by molar-refractivity contribution is 0.112. The fourth-order valence-electron chi connectivity index (χ4n) is 1.73. The minimum Gasteiger partial charge on any atom is -0.298 e. The zero-order valence-corrected chi connectivity index (χ0v) is 10.3. The van der Waals surface area contributed by atoms with E-state index >= 15 is 0 Å². The normalized spacial score (nSPS) is 10.5. The van der Waals surface area contributed by atoms with E-state index in [0.29, 0.717) is 16.3 Å². The van der Waals surface area contributed by atoms with Gasteiger partial charge in [0.25, 0.3) is 0 Å². The van der Waals surface area contributed by atoms with E-state index in [9.17, 15) is 4.79 Å². The summed E-state index contributed by atoms with van der Waals surface area (Å²) in [7, 11) is 0. The van der Waals surface area contributed by atoms with Gasteiger partial charge in [-0.1, -0.05) is 36.7 Å². The number of aryl methyl sites for hydroxylation is 1. The summed E-state index contributed by atoms with van der Waals surface area (Å²) in [6, 6.07) is 7.41. The molecule has 0 bridgehead atoms. The monoisotopic (exact) mass is 248 g/mol. The van der Waals surface area contributed by atoms with Crippen LogP contribution in [0.2, 0.25) is 5.02 Å². The molecule has 0 radical (unpaired) electrons. The zero-order chi connectivity index (χ0) is 12.3. The molecule has 0 aliphatic carbocycles. The second-order valence-corrected chi connectivity index (χ2v) is 4.20. The van der Waals surface area contributed by atoms with Crippen molar-refractivity contribution < 1.29 is 4.79 Å². The van der Waals surface area contributed by atoms with Gasteiger partial charge in [-0.2, -0.15) is 5.10 Å². The Hall–Kier alpha value is -1.61. The van der Waals surface area contributed by atoms with Crippen LogP contribution in [0.4, 0.5) is 0 Å². The lowest BCUT2D eigenvalue weighted by Gasteiger charge is -2.01. The highest BCUT2D eigenvalue weighted by molar-refractivity contribution is 6.33. The number of benzene rings is 1. The van der Waals surface area contributed by atoms with Gasteiger partial charge >= 0.3 is 0 Å². The number of carbonyl (C=O) groups excluding carboxylic acids is 1. The maximum atomic E-state index is 11.0. The molecular weight excluding hydrogens is 236 g/mol. The van der Waals surface area contributed by atoms with Crippen LogP contribution in [0.5, 0.6) is 0 Å². The van der Waals surface area contributed by atoms with Crippen molar-refractivity contribution in [1.82, 2.24) is 9.78 Å². The first-order chi connectivity index (χ1) is 8.26. The van der Waals surface area contributed by atoms with E-state index in [1.54, 1.807) is 16.9 Å². The molecule has 0 spiro atoms. The Balaban J connectivity index is 2.51. The van der Waals surface area contributed by atoms with Gasteiger partial charge in [0.2, 0.25) is 0 Å². The summed E-state index contributed by atoms with van der Waals surface area (Å²) in [6.45, 7) is 2.86. The summed E-state index contributed by atoms with van der Waals surface area (Å²) in [6.07, 6.45) is 3.55. The maximum absolute atomic E-state index is 11.0. The predicted molar refractivity (Wildman–Crippen MR) is 68.4 cm³/mol. The van der Waals surface area contributed by atoms with Gasteiger partial charge in [0.15, 0.2) is 6.29 Å². The van der Waals surface area contributed by atoms with Gasteiger partial charge in [-0.25, -0.2) is 0 Å². The number of halogens is 1. The minimum absolute atomic E-state index is 0.576. The third-order valence-electron chi connectivity index (χ3n) is 2.50. The summed E-state index contributed by atoms with van der Waals surface area (Å²) >= 11 is 6.11. The summed E-state index contributed by atoms with van der Waals surface area (Å²) in [5.41, 5.74) is 2.02. The van der Waals surface area contributed by atoms with Crippen molar-refractivity contribution in [3.05, 3.63) is 41.0 Å². The molecule has 17 heavy (non-hydrogen) atoms. The molecule has 88 valence electrons. The average molecular weight is 249 g/mol. The van der Waals surface area contributed by atoms with Crippen LogP contribution in [0.3, 0.4) is 0 Å². The highest BCUT2D eigenvalue weighted by Crippen LogP contribution is 2.28. The van der Waals surface area contributed by atoms with Crippen LogP contribution in [0.15, 0.2) is 30.5 Å². The molecule has 0 aliphatic heterocycles. The van der Waals surface area contributed by atoms with Gasteiger partial charge in [-0.3, -0.25) is 9.48 Å². The van der Waals surface area contributed by atoms with Crippen molar-refractivity contribution >= 4 is 17.9 Å². The van der Waals surface area contributed by atoms with Gasteiger partial charge < -0.3 is 0 Å². The molecule has 1 aromatic heterocycles. The van der Waals surface area contributed by atoms with Gasteiger partial charge in [0, 0.05) is 18.3 Å². The molecule has 1 heterocycles. The molecular formula is C13H13ClN2O. The van der Waals surface area contributed by atoms with E-state index in [1.807, 2.05) is 18.2 Å². The van der Waals surface area contributed by atoms with Crippen molar-refractivity contribution in [2.24, 2.45) is 0 Å². The molecule has 3 nitrogen and oxygen atoms in total. The Labute approximate surface area is 105 Å². The van der Waals surface area contributed by atoms with Crippen LogP contribution in [0, 0.1) is 0 Å². The van der Waals surface area contributed by atoms with Crippen LogP contribution in [-0.4, -0.2) is 16.1 Å². The summed E-state index contributed by atoms with van der Waals surface area (Å²) in [5.74, 6) is 0. The van der Waals surface area contributed by atoms with Crippen molar-refractivity contribution in [1.29, 1.82) is 0 Å². The first kappa shape index (κ1) is 11.9. The molecule has 0 fully saturated rings. The fourth-order valence-corrected chi connectivity index (χ4v) is 1.95. The van der Waals surface area contributed by atoms with E-state index in [1.165, 1.54) is 0 Å². The largest absolute Gasteiger partial charge is 0.298 e. The third kappa shape index (κ3) is 2.39. The Morgan fingerprint density at radius 3 is 2.82 bits per heavy atom. The van der Waals surface area contributed by atoms with Crippen molar-refractivity contribution in [3.63, 3.8) is 0 Å². The van der Waals surface area contributed by atoms with Crippen LogP contribution in [-0.2, 0) is 6.54 Å². The molecule has 0 saturated heterocycles. The SMILES string of the molecule is CCCn1cc(C=O)c(-c2ccccc2Cl)n1. The average Bonchev–Trinajstić information content (AvgIpc) is 2.73. The van der Waals surface area contributed by atoms with Crippen LogP contribution >= 0.6 is 11.6 Å². The smallest absolute Gasteiger partial charge is 0.153 e. The molecule has 1 aromatic carbocycles. The van der Waals surface area contributed by atoms with Crippen molar-refractivity contribution in [2.45, 2.75) is 19.9 Å². The lowest BCUT2D eigenvalue weighted by Crippen LogP contribution is -1.96. The number of hydrogen-bond donors (Lipinski definition) is 0. The van der Waals surface area contributed by atoms with Crippen LogP contribution in [0.25, 0.3) is 11.3 Å². The molecule has 2 aromatic rings. The number of carbonyl (C=O) groups is 1. The third-order valence-corrected chi connectivity index (χ3v) is 2.83. The molecule has 2 rings (SSSR count). The Morgan fingerprint density at radius 2 is 2.18 bits per heavy atom. The second-order valence-electron chi connectivity index (χ2n) is 3.79. The van der Waals surface area contributed by atoms with Gasteiger partial charge in [-0.15, -0.1) is 0 Å². The number of rotatable bonds is 4. The summed E-state index contributed by atoms with van der Waals surface area (Å²) in [4.78, 5) is 11.0. The Kier molecular flexibility index (Phi) is 3.59. The van der Waals surface area contributed by atoms with E-state index < -0.39 is 0 Å². The number of hydrogen-bond acceptors (Lipinski definition) is 2. The van der Waals surface area contributed by atoms with Crippen molar-refractivity contribution in [3.8, 4) is 11.3 Å². The highest BCUT2D eigenvalue weighted by atomic mass is 35.5. The second kappa shape index (κ2) is 5.15. The molecule has 0 amide bonds. The quantitative estimate of drug-likeness (QED) is 0.777. The molecule has 0 unspecified atom stereocenters. The van der Waals surface area contributed by atoms with Crippen LogP contribution in [0.1, 0.15) is 23.7 Å². The summed E-state index contributed by atoms with van der Waals surface area (Å²) in [5, 5.41) is 5.01. The van der Waals surface area contributed by atoms with Gasteiger partial charge in [-0.05, 0) is 12.5 Å².